The molecular formula is C14H30N2OS. The summed E-state index contributed by atoms with van der Waals surface area (Å²) in [5.41, 5.74) is 0. The zero-order chi connectivity index (χ0) is 13.7. The molecular weight excluding hydrogens is 244 g/mol. The molecule has 5 atom stereocenters. The molecule has 1 fully saturated rings. The van der Waals surface area contributed by atoms with Gasteiger partial charge in [0.25, 0.3) is 0 Å². The summed E-state index contributed by atoms with van der Waals surface area (Å²) < 4.78 is 11.6. The quantitative estimate of drug-likeness (QED) is 0.802. The SMILES string of the molecule is CCC(C)C1CN(CC(C)S(C)=O)C(CC)CN1. The minimum absolute atomic E-state index is 0.273. The highest BCUT2D eigenvalue weighted by atomic mass is 32.2. The Kier molecular flexibility index (Phi) is 6.82. The Hall–Kier alpha value is 0.0700. The van der Waals surface area contributed by atoms with Crippen LogP contribution in [0.15, 0.2) is 0 Å². The molecule has 1 rings (SSSR count). The lowest BCUT2D eigenvalue weighted by atomic mass is 9.95. The van der Waals surface area contributed by atoms with Crippen molar-refractivity contribution in [2.24, 2.45) is 5.92 Å². The van der Waals surface area contributed by atoms with Crippen molar-refractivity contribution in [1.29, 1.82) is 0 Å². The van der Waals surface area contributed by atoms with Crippen molar-refractivity contribution in [1.82, 2.24) is 10.2 Å². The molecule has 0 bridgehead atoms. The van der Waals surface area contributed by atoms with Crippen LogP contribution >= 0.6 is 0 Å². The number of nitrogens with zero attached hydrogens (tertiary/aromatic N) is 1. The number of hydrogen-bond acceptors (Lipinski definition) is 3. The first-order valence-electron chi connectivity index (χ1n) is 7.29. The van der Waals surface area contributed by atoms with Gasteiger partial charge in [-0.25, -0.2) is 0 Å². The molecule has 1 aliphatic heterocycles. The first kappa shape index (κ1) is 16.1. The summed E-state index contributed by atoms with van der Waals surface area (Å²) in [5.74, 6) is 0.715. The molecule has 1 heterocycles. The fourth-order valence-electron chi connectivity index (χ4n) is 2.61. The average Bonchev–Trinajstić information content (AvgIpc) is 2.37. The Balaban J connectivity index is 2.61. The van der Waals surface area contributed by atoms with E-state index < -0.39 is 10.8 Å². The van der Waals surface area contributed by atoms with E-state index in [0.29, 0.717) is 18.0 Å². The van der Waals surface area contributed by atoms with E-state index in [4.69, 9.17) is 0 Å². The van der Waals surface area contributed by atoms with Gasteiger partial charge in [0.1, 0.15) is 0 Å². The molecule has 0 saturated carbocycles. The second-order valence-electron chi connectivity index (χ2n) is 5.73. The van der Waals surface area contributed by atoms with Crippen molar-refractivity contribution >= 4 is 10.8 Å². The van der Waals surface area contributed by atoms with Crippen molar-refractivity contribution in [3.8, 4) is 0 Å². The first-order chi connectivity index (χ1) is 8.49. The summed E-state index contributed by atoms with van der Waals surface area (Å²) in [6.07, 6.45) is 4.21. The molecule has 0 spiro atoms. The van der Waals surface area contributed by atoms with Crippen molar-refractivity contribution in [2.75, 3.05) is 25.9 Å². The van der Waals surface area contributed by atoms with Gasteiger partial charge in [0, 0.05) is 54.0 Å². The Labute approximate surface area is 115 Å². The standard InChI is InChI=1S/C14H30N2OS/c1-6-11(3)14-10-16(9-12(4)18(5)17)13(7-2)8-15-14/h11-15H,6-10H2,1-5H3. The van der Waals surface area contributed by atoms with Crippen LogP contribution in [0.5, 0.6) is 0 Å². The Morgan fingerprint density at radius 2 is 2.06 bits per heavy atom. The molecule has 1 aliphatic rings. The van der Waals surface area contributed by atoms with Crippen molar-refractivity contribution < 1.29 is 4.21 Å². The maximum atomic E-state index is 11.6. The highest BCUT2D eigenvalue weighted by molar-refractivity contribution is 7.84. The van der Waals surface area contributed by atoms with E-state index in [1.807, 2.05) is 6.26 Å². The Morgan fingerprint density at radius 3 is 2.56 bits per heavy atom. The molecule has 0 aromatic heterocycles. The lowest BCUT2D eigenvalue weighted by Crippen LogP contribution is -2.59. The van der Waals surface area contributed by atoms with Crippen LogP contribution in [-0.2, 0) is 10.8 Å². The lowest BCUT2D eigenvalue weighted by Gasteiger charge is -2.43. The van der Waals surface area contributed by atoms with Crippen molar-refractivity contribution in [3.05, 3.63) is 0 Å². The number of piperazine rings is 1. The summed E-state index contributed by atoms with van der Waals surface area (Å²) >= 11 is 0. The van der Waals surface area contributed by atoms with E-state index in [2.05, 4.69) is 37.9 Å². The topological polar surface area (TPSA) is 32.3 Å². The summed E-state index contributed by atoms with van der Waals surface area (Å²) in [4.78, 5) is 2.55. The largest absolute Gasteiger partial charge is 0.311 e. The Bertz CT molecular complexity index is 273. The maximum Gasteiger partial charge on any atom is 0.0444 e. The zero-order valence-corrected chi connectivity index (χ0v) is 13.4. The molecule has 0 aliphatic carbocycles. The molecule has 108 valence electrons. The van der Waals surface area contributed by atoms with Crippen LogP contribution in [-0.4, -0.2) is 52.3 Å². The number of nitrogens with one attached hydrogen (secondary N) is 1. The molecule has 0 amide bonds. The van der Waals surface area contributed by atoms with E-state index >= 15 is 0 Å². The predicted molar refractivity (Wildman–Crippen MR) is 80.4 cm³/mol. The van der Waals surface area contributed by atoms with Crippen LogP contribution in [0.25, 0.3) is 0 Å². The van der Waals surface area contributed by atoms with Gasteiger partial charge >= 0.3 is 0 Å². The van der Waals surface area contributed by atoms with Crippen molar-refractivity contribution in [2.45, 2.75) is 57.9 Å². The predicted octanol–water partition coefficient (Wildman–Crippen LogP) is 1.85. The summed E-state index contributed by atoms with van der Waals surface area (Å²) in [5, 5.41) is 3.96. The van der Waals surface area contributed by atoms with E-state index in [-0.39, 0.29) is 5.25 Å². The van der Waals surface area contributed by atoms with Crippen LogP contribution in [0.3, 0.4) is 0 Å². The minimum atomic E-state index is -0.715. The van der Waals surface area contributed by atoms with Gasteiger partial charge in [-0.15, -0.1) is 0 Å². The monoisotopic (exact) mass is 274 g/mol. The third-order valence-corrected chi connectivity index (χ3v) is 5.71. The smallest absolute Gasteiger partial charge is 0.0444 e. The van der Waals surface area contributed by atoms with E-state index in [1.165, 1.54) is 12.8 Å². The van der Waals surface area contributed by atoms with E-state index in [9.17, 15) is 4.21 Å². The van der Waals surface area contributed by atoms with Gasteiger partial charge in [0.2, 0.25) is 0 Å². The van der Waals surface area contributed by atoms with Gasteiger partial charge < -0.3 is 5.32 Å². The van der Waals surface area contributed by atoms with E-state index in [0.717, 1.165) is 19.6 Å². The van der Waals surface area contributed by atoms with Gasteiger partial charge in [0.05, 0.1) is 0 Å². The molecule has 0 aromatic rings. The van der Waals surface area contributed by atoms with Crippen LogP contribution in [0.4, 0.5) is 0 Å². The summed E-state index contributed by atoms with van der Waals surface area (Å²) in [6, 6.07) is 1.20. The van der Waals surface area contributed by atoms with Crippen LogP contribution in [0, 0.1) is 5.92 Å². The van der Waals surface area contributed by atoms with Crippen LogP contribution in [0.2, 0.25) is 0 Å². The Morgan fingerprint density at radius 1 is 1.39 bits per heavy atom. The second kappa shape index (κ2) is 7.61. The third-order valence-electron chi connectivity index (χ3n) is 4.42. The van der Waals surface area contributed by atoms with Gasteiger partial charge in [-0.05, 0) is 19.3 Å². The van der Waals surface area contributed by atoms with Crippen LogP contribution in [0.1, 0.15) is 40.5 Å². The van der Waals surface area contributed by atoms with Gasteiger partial charge in [-0.1, -0.05) is 27.2 Å². The molecule has 1 saturated heterocycles. The van der Waals surface area contributed by atoms with Crippen LogP contribution < -0.4 is 5.32 Å². The fourth-order valence-corrected chi connectivity index (χ4v) is 3.01. The maximum absolute atomic E-state index is 11.6. The average molecular weight is 274 g/mol. The van der Waals surface area contributed by atoms with Gasteiger partial charge in [-0.2, -0.15) is 0 Å². The number of rotatable bonds is 6. The number of hydrogen-bond donors (Lipinski definition) is 1. The fraction of sp³-hybridized carbons (Fsp3) is 1.00. The minimum Gasteiger partial charge on any atom is -0.311 e. The van der Waals surface area contributed by atoms with Gasteiger partial charge in [0.15, 0.2) is 0 Å². The zero-order valence-electron chi connectivity index (χ0n) is 12.6. The van der Waals surface area contributed by atoms with E-state index in [1.54, 1.807) is 0 Å². The molecule has 0 aromatic carbocycles. The highest BCUT2D eigenvalue weighted by Crippen LogP contribution is 2.18. The molecule has 3 nitrogen and oxygen atoms in total. The molecule has 18 heavy (non-hydrogen) atoms. The summed E-state index contributed by atoms with van der Waals surface area (Å²) in [6.45, 7) is 12.1. The van der Waals surface area contributed by atoms with Crippen molar-refractivity contribution in [3.63, 3.8) is 0 Å². The summed E-state index contributed by atoms with van der Waals surface area (Å²) in [7, 11) is -0.715. The third kappa shape index (κ3) is 4.32. The lowest BCUT2D eigenvalue weighted by molar-refractivity contribution is 0.107. The highest BCUT2D eigenvalue weighted by Gasteiger charge is 2.30. The normalized spacial score (nSPS) is 30.9. The molecule has 5 unspecified atom stereocenters. The second-order valence-corrected chi connectivity index (χ2v) is 7.53. The molecule has 1 N–H and O–H groups in total. The molecule has 4 heteroatoms. The molecule has 0 radical (unpaired) electrons. The first-order valence-corrected chi connectivity index (χ1v) is 8.91. The van der Waals surface area contributed by atoms with Gasteiger partial charge in [-0.3, -0.25) is 9.11 Å².